The highest BCUT2D eigenvalue weighted by atomic mass is 14.4. The first-order valence-corrected chi connectivity index (χ1v) is 13.2. The Morgan fingerprint density at radius 1 is 0.882 bits per heavy atom. The van der Waals surface area contributed by atoms with E-state index in [2.05, 4.69) is 138 Å². The van der Waals surface area contributed by atoms with Crippen LogP contribution in [0.2, 0.25) is 0 Å². The molecule has 0 spiro atoms. The fourth-order valence-electron chi connectivity index (χ4n) is 4.64. The summed E-state index contributed by atoms with van der Waals surface area (Å²) in [5.41, 5.74) is 9.44. The van der Waals surface area contributed by atoms with Crippen LogP contribution in [0.5, 0.6) is 0 Å². The van der Waals surface area contributed by atoms with Crippen molar-refractivity contribution in [1.82, 2.24) is 0 Å². The first-order chi connectivity index (χ1) is 15.7. The van der Waals surface area contributed by atoms with Gasteiger partial charge in [-0.3, -0.25) is 0 Å². The minimum absolute atomic E-state index is 0.0536. The van der Waals surface area contributed by atoms with Crippen molar-refractivity contribution >= 4 is 11.1 Å². The second-order valence-corrected chi connectivity index (χ2v) is 11.6. The van der Waals surface area contributed by atoms with E-state index in [9.17, 15) is 0 Å². The number of rotatable bonds is 10. The van der Waals surface area contributed by atoms with Gasteiger partial charge < -0.3 is 0 Å². The Morgan fingerprint density at radius 3 is 1.94 bits per heavy atom. The fraction of sp³-hybridized carbons (Fsp3) is 0.529. The lowest BCUT2D eigenvalue weighted by atomic mass is 9.59. The zero-order valence-electron chi connectivity index (χ0n) is 24.4. The molecule has 0 aromatic heterocycles. The van der Waals surface area contributed by atoms with Gasteiger partial charge in [-0.25, -0.2) is 0 Å². The Bertz CT molecular complexity index is 966. The molecule has 0 nitrogen and oxygen atoms in total. The normalized spacial score (nSPS) is 16.2. The molecule has 0 fully saturated rings. The maximum Gasteiger partial charge on any atom is -0.00207 e. The molecule has 0 heteroatoms. The van der Waals surface area contributed by atoms with Crippen molar-refractivity contribution in [3.05, 3.63) is 83.0 Å². The van der Waals surface area contributed by atoms with Gasteiger partial charge in [-0.05, 0) is 89.3 Å². The number of allylic oxidation sites excluding steroid dienone is 9. The lowest BCUT2D eigenvalue weighted by Crippen LogP contribution is -2.39. The highest BCUT2D eigenvalue weighted by Gasteiger charge is 2.41. The van der Waals surface area contributed by atoms with Crippen LogP contribution in [-0.2, 0) is 5.41 Å². The smallest absolute Gasteiger partial charge is 0.00207 e. The lowest BCUT2D eigenvalue weighted by molar-refractivity contribution is 0.163. The van der Waals surface area contributed by atoms with Gasteiger partial charge in [-0.15, -0.1) is 0 Å². The second-order valence-electron chi connectivity index (χ2n) is 11.6. The maximum atomic E-state index is 4.55. The van der Waals surface area contributed by atoms with Crippen LogP contribution in [0.1, 0.15) is 119 Å². The Balaban J connectivity index is 3.88. The molecule has 0 saturated heterocycles. The van der Waals surface area contributed by atoms with Gasteiger partial charge in [0.1, 0.15) is 0 Å². The highest BCUT2D eigenvalue weighted by Crippen LogP contribution is 2.49. The molecule has 0 N–H and O–H groups in total. The summed E-state index contributed by atoms with van der Waals surface area (Å²) in [6, 6.07) is 7.14. The Kier molecular flexibility index (Phi) is 10.6. The number of hydrogen-bond acceptors (Lipinski definition) is 0. The van der Waals surface area contributed by atoms with E-state index < -0.39 is 0 Å². The summed E-state index contributed by atoms with van der Waals surface area (Å²) >= 11 is 0. The summed E-state index contributed by atoms with van der Waals surface area (Å²) in [5, 5.41) is 0. The van der Waals surface area contributed by atoms with Gasteiger partial charge in [0.05, 0.1) is 0 Å². The zero-order valence-corrected chi connectivity index (χ0v) is 24.4. The number of benzene rings is 1. The van der Waals surface area contributed by atoms with Crippen LogP contribution >= 0.6 is 0 Å². The van der Waals surface area contributed by atoms with Crippen molar-refractivity contribution in [1.29, 1.82) is 0 Å². The van der Waals surface area contributed by atoms with E-state index in [4.69, 9.17) is 0 Å². The molecule has 0 aliphatic carbocycles. The van der Waals surface area contributed by atoms with Crippen LogP contribution in [0, 0.1) is 10.8 Å². The predicted molar refractivity (Wildman–Crippen MR) is 157 cm³/mol. The quantitative estimate of drug-likeness (QED) is 0.304. The van der Waals surface area contributed by atoms with E-state index in [0.717, 1.165) is 24.8 Å². The van der Waals surface area contributed by atoms with Crippen LogP contribution < -0.4 is 0 Å². The van der Waals surface area contributed by atoms with Crippen molar-refractivity contribution in [2.45, 2.75) is 108 Å². The van der Waals surface area contributed by atoms with Crippen molar-refractivity contribution in [3.8, 4) is 0 Å². The molecule has 0 saturated carbocycles. The minimum Gasteiger partial charge on any atom is -0.0911 e. The second kappa shape index (κ2) is 12.1. The van der Waals surface area contributed by atoms with Crippen molar-refractivity contribution in [3.63, 3.8) is 0 Å². The molecule has 0 amide bonds. The third kappa shape index (κ3) is 6.74. The topological polar surface area (TPSA) is 0 Å². The summed E-state index contributed by atoms with van der Waals surface area (Å²) in [7, 11) is 0. The van der Waals surface area contributed by atoms with E-state index in [1.54, 1.807) is 0 Å². The molecule has 0 aliphatic heterocycles. The van der Waals surface area contributed by atoms with Crippen molar-refractivity contribution < 1.29 is 0 Å². The molecule has 1 aromatic rings. The highest BCUT2D eigenvalue weighted by molar-refractivity contribution is 5.79. The van der Waals surface area contributed by atoms with Crippen LogP contribution in [0.15, 0.2) is 66.3 Å². The van der Waals surface area contributed by atoms with Crippen molar-refractivity contribution in [2.24, 2.45) is 10.8 Å². The average Bonchev–Trinajstić information content (AvgIpc) is 2.81. The molecular weight excluding hydrogens is 408 g/mol. The lowest BCUT2D eigenvalue weighted by Gasteiger charge is -2.45. The standard InChI is InChI=1S/C34H52/c1-14-25(6)19-20-26(7)30-24-28(27(15-2)23-29(16-3)32(8,9)10)21-22-31(30)34(13,18-5)33(11,12)17-4/h14,16,19-24H,7,15,17-18H2,1-6,8-13H3/b20-19-,25-14-,27-23+,29-16+. The summed E-state index contributed by atoms with van der Waals surface area (Å²) in [5.74, 6) is 0. The summed E-state index contributed by atoms with van der Waals surface area (Å²) < 4.78 is 0. The molecule has 34 heavy (non-hydrogen) atoms. The average molecular weight is 461 g/mol. The number of hydrogen-bond donors (Lipinski definition) is 0. The first-order valence-electron chi connectivity index (χ1n) is 13.2. The molecule has 0 aliphatic rings. The largest absolute Gasteiger partial charge is 0.0911 e. The van der Waals surface area contributed by atoms with Crippen LogP contribution in [0.3, 0.4) is 0 Å². The third-order valence-electron chi connectivity index (χ3n) is 8.31. The van der Waals surface area contributed by atoms with E-state index in [0.29, 0.717) is 0 Å². The molecule has 1 aromatic carbocycles. The van der Waals surface area contributed by atoms with Gasteiger partial charge >= 0.3 is 0 Å². The molecular formula is C34H52. The van der Waals surface area contributed by atoms with Crippen molar-refractivity contribution in [2.75, 3.05) is 0 Å². The summed E-state index contributed by atoms with van der Waals surface area (Å²) in [4.78, 5) is 0. The van der Waals surface area contributed by atoms with Gasteiger partial charge in [-0.1, -0.05) is 123 Å². The Hall–Kier alpha value is -2.08. The van der Waals surface area contributed by atoms with Crippen LogP contribution in [0.25, 0.3) is 11.1 Å². The summed E-state index contributed by atoms with van der Waals surface area (Å²) in [6.07, 6.45) is 14.4. The molecule has 0 radical (unpaired) electrons. The van der Waals surface area contributed by atoms with E-state index in [1.165, 1.54) is 33.4 Å². The monoisotopic (exact) mass is 460 g/mol. The maximum absolute atomic E-state index is 4.55. The minimum atomic E-state index is 0.0536. The van der Waals surface area contributed by atoms with E-state index in [1.807, 2.05) is 0 Å². The SMILES string of the molecule is C=C(/C=C\C(C)=C/C)c1cc(/C(=C/C(=C\C)C(C)(C)C)CC)ccc1C(C)(CC)C(C)(C)CC. The molecule has 0 bridgehead atoms. The van der Waals surface area contributed by atoms with Gasteiger partial charge in [0.25, 0.3) is 0 Å². The zero-order chi connectivity index (χ0) is 26.3. The molecule has 1 atom stereocenters. The van der Waals surface area contributed by atoms with Gasteiger partial charge in [0.15, 0.2) is 0 Å². The van der Waals surface area contributed by atoms with Gasteiger partial charge in [-0.2, -0.15) is 0 Å². The summed E-state index contributed by atoms with van der Waals surface area (Å²) in [6.45, 7) is 31.9. The van der Waals surface area contributed by atoms with Crippen LogP contribution in [0.4, 0.5) is 0 Å². The molecule has 188 valence electrons. The van der Waals surface area contributed by atoms with E-state index in [-0.39, 0.29) is 16.2 Å². The van der Waals surface area contributed by atoms with E-state index >= 15 is 0 Å². The fourth-order valence-corrected chi connectivity index (χ4v) is 4.64. The van der Waals surface area contributed by atoms with Crippen LogP contribution in [-0.4, -0.2) is 0 Å². The predicted octanol–water partition coefficient (Wildman–Crippen LogP) is 11.1. The van der Waals surface area contributed by atoms with Gasteiger partial charge in [0, 0.05) is 0 Å². The molecule has 1 unspecified atom stereocenters. The molecule has 1 rings (SSSR count). The Morgan fingerprint density at radius 2 is 1.50 bits per heavy atom. The Labute approximate surface area is 212 Å². The van der Waals surface area contributed by atoms with Gasteiger partial charge in [0.2, 0.25) is 0 Å². The third-order valence-corrected chi connectivity index (χ3v) is 8.31. The first kappa shape index (κ1) is 30.0. The molecule has 0 heterocycles.